The van der Waals surface area contributed by atoms with E-state index in [0.717, 1.165) is 12.8 Å². The van der Waals surface area contributed by atoms with E-state index in [2.05, 4.69) is 4.74 Å². The molecule has 0 radical (unpaired) electrons. The highest BCUT2D eigenvalue weighted by atomic mass is 16.6. The van der Waals surface area contributed by atoms with Gasteiger partial charge in [-0.1, -0.05) is 0 Å². The molecule has 0 unspecified atom stereocenters. The standard InChI is InChI=1S/C9H15NO4/c1-14-8(11)4-7-9(10(12)13)5-2-3-6-9/h2-7H2,1H3. The second-order valence-electron chi connectivity index (χ2n) is 3.76. The van der Waals surface area contributed by atoms with Gasteiger partial charge in [0.1, 0.15) is 0 Å². The van der Waals surface area contributed by atoms with Crippen LogP contribution < -0.4 is 0 Å². The number of esters is 1. The largest absolute Gasteiger partial charge is 0.469 e. The van der Waals surface area contributed by atoms with Crippen molar-refractivity contribution in [2.45, 2.75) is 44.1 Å². The Morgan fingerprint density at radius 1 is 1.50 bits per heavy atom. The van der Waals surface area contributed by atoms with E-state index in [1.165, 1.54) is 7.11 Å². The van der Waals surface area contributed by atoms with Crippen LogP contribution in [0.25, 0.3) is 0 Å². The number of carbonyl (C=O) groups is 1. The Hall–Kier alpha value is -1.13. The molecule has 0 aromatic carbocycles. The van der Waals surface area contributed by atoms with Crippen molar-refractivity contribution in [3.05, 3.63) is 10.1 Å². The van der Waals surface area contributed by atoms with Gasteiger partial charge in [0.15, 0.2) is 0 Å². The number of methoxy groups -OCH3 is 1. The van der Waals surface area contributed by atoms with Crippen LogP contribution in [0.5, 0.6) is 0 Å². The second-order valence-corrected chi connectivity index (χ2v) is 3.76. The smallest absolute Gasteiger partial charge is 0.305 e. The quantitative estimate of drug-likeness (QED) is 0.393. The Morgan fingerprint density at radius 2 is 2.07 bits per heavy atom. The molecule has 5 nitrogen and oxygen atoms in total. The molecule has 1 rings (SSSR count). The molecular formula is C9H15NO4. The summed E-state index contributed by atoms with van der Waals surface area (Å²) < 4.78 is 4.47. The molecule has 1 fully saturated rings. The number of ether oxygens (including phenoxy) is 1. The summed E-state index contributed by atoms with van der Waals surface area (Å²) in [6, 6.07) is 0. The molecule has 1 aliphatic carbocycles. The Labute approximate surface area is 82.6 Å². The molecule has 0 bridgehead atoms. The first kappa shape index (κ1) is 10.9. The molecule has 1 aliphatic rings. The maximum Gasteiger partial charge on any atom is 0.305 e. The number of carbonyl (C=O) groups excluding carboxylic acids is 1. The number of hydrogen-bond donors (Lipinski definition) is 0. The molecule has 0 aromatic rings. The van der Waals surface area contributed by atoms with Crippen molar-refractivity contribution >= 4 is 5.97 Å². The average molecular weight is 201 g/mol. The van der Waals surface area contributed by atoms with E-state index in [1.54, 1.807) is 0 Å². The van der Waals surface area contributed by atoms with E-state index < -0.39 is 5.54 Å². The molecule has 0 saturated heterocycles. The molecule has 0 spiro atoms. The van der Waals surface area contributed by atoms with Crippen LogP contribution in [0.15, 0.2) is 0 Å². The van der Waals surface area contributed by atoms with Gasteiger partial charge in [-0.05, 0) is 12.8 Å². The molecule has 80 valence electrons. The Balaban J connectivity index is 2.52. The van der Waals surface area contributed by atoms with Gasteiger partial charge in [-0.15, -0.1) is 0 Å². The molecule has 14 heavy (non-hydrogen) atoms. The fourth-order valence-corrected chi connectivity index (χ4v) is 1.99. The zero-order chi connectivity index (χ0) is 10.6. The lowest BCUT2D eigenvalue weighted by Gasteiger charge is -2.18. The maximum atomic E-state index is 10.9. The van der Waals surface area contributed by atoms with Gasteiger partial charge in [0.25, 0.3) is 0 Å². The Bertz CT molecular complexity index is 233. The van der Waals surface area contributed by atoms with E-state index in [-0.39, 0.29) is 17.3 Å². The Kier molecular flexibility index (Phi) is 3.43. The zero-order valence-electron chi connectivity index (χ0n) is 8.32. The summed E-state index contributed by atoms with van der Waals surface area (Å²) >= 11 is 0. The lowest BCUT2D eigenvalue weighted by molar-refractivity contribution is -0.569. The first-order valence-corrected chi connectivity index (χ1v) is 4.82. The van der Waals surface area contributed by atoms with Crippen LogP contribution in [0, 0.1) is 10.1 Å². The van der Waals surface area contributed by atoms with Crippen LogP contribution >= 0.6 is 0 Å². The molecule has 1 saturated carbocycles. The van der Waals surface area contributed by atoms with Gasteiger partial charge in [0, 0.05) is 24.2 Å². The SMILES string of the molecule is COC(=O)CCC1([N+](=O)[O-])CCCC1. The summed E-state index contributed by atoms with van der Waals surface area (Å²) in [5, 5.41) is 10.9. The van der Waals surface area contributed by atoms with Crippen LogP contribution in [0.4, 0.5) is 0 Å². The van der Waals surface area contributed by atoms with Gasteiger partial charge in [-0.25, -0.2) is 0 Å². The topological polar surface area (TPSA) is 69.4 Å². The maximum absolute atomic E-state index is 10.9. The number of hydrogen-bond acceptors (Lipinski definition) is 4. The fourth-order valence-electron chi connectivity index (χ4n) is 1.99. The highest BCUT2D eigenvalue weighted by molar-refractivity contribution is 5.69. The highest BCUT2D eigenvalue weighted by Crippen LogP contribution is 2.36. The molecule has 0 aliphatic heterocycles. The van der Waals surface area contributed by atoms with Crippen LogP contribution in [-0.2, 0) is 9.53 Å². The van der Waals surface area contributed by atoms with Gasteiger partial charge < -0.3 is 4.74 Å². The number of nitrogens with zero attached hydrogens (tertiary/aromatic N) is 1. The molecule has 0 amide bonds. The van der Waals surface area contributed by atoms with E-state index >= 15 is 0 Å². The van der Waals surface area contributed by atoms with Crippen molar-refractivity contribution in [1.82, 2.24) is 0 Å². The normalized spacial score (nSPS) is 19.2. The number of rotatable bonds is 4. The third-order valence-corrected chi connectivity index (χ3v) is 2.94. The van der Waals surface area contributed by atoms with Crippen molar-refractivity contribution in [2.24, 2.45) is 0 Å². The minimum atomic E-state index is -0.853. The average Bonchev–Trinajstić information content (AvgIpc) is 2.64. The van der Waals surface area contributed by atoms with Crippen molar-refractivity contribution < 1.29 is 14.5 Å². The lowest BCUT2D eigenvalue weighted by atomic mass is 9.92. The van der Waals surface area contributed by atoms with Gasteiger partial charge in [-0.3, -0.25) is 14.9 Å². The lowest BCUT2D eigenvalue weighted by Crippen LogP contribution is -2.35. The summed E-state index contributed by atoms with van der Waals surface area (Å²) in [5.74, 6) is -0.363. The zero-order valence-corrected chi connectivity index (χ0v) is 8.32. The summed E-state index contributed by atoms with van der Waals surface area (Å²) in [7, 11) is 1.30. The predicted octanol–water partition coefficient (Wildman–Crippen LogP) is 1.53. The van der Waals surface area contributed by atoms with Crippen molar-refractivity contribution in [3.8, 4) is 0 Å². The van der Waals surface area contributed by atoms with Crippen molar-refractivity contribution in [1.29, 1.82) is 0 Å². The molecular weight excluding hydrogens is 186 g/mol. The summed E-state index contributed by atoms with van der Waals surface area (Å²) in [4.78, 5) is 21.5. The molecule has 5 heteroatoms. The van der Waals surface area contributed by atoms with Gasteiger partial charge >= 0.3 is 5.97 Å². The summed E-state index contributed by atoms with van der Waals surface area (Å²) in [6.07, 6.45) is 3.43. The third-order valence-electron chi connectivity index (χ3n) is 2.94. The van der Waals surface area contributed by atoms with E-state index in [0.29, 0.717) is 19.3 Å². The van der Waals surface area contributed by atoms with Crippen molar-refractivity contribution in [3.63, 3.8) is 0 Å². The monoisotopic (exact) mass is 201 g/mol. The minimum Gasteiger partial charge on any atom is -0.469 e. The first-order valence-electron chi connectivity index (χ1n) is 4.82. The van der Waals surface area contributed by atoms with Gasteiger partial charge in [-0.2, -0.15) is 0 Å². The fraction of sp³-hybridized carbons (Fsp3) is 0.889. The molecule has 0 heterocycles. The van der Waals surface area contributed by atoms with Gasteiger partial charge in [0.05, 0.1) is 13.5 Å². The molecule has 0 N–H and O–H groups in total. The van der Waals surface area contributed by atoms with E-state index in [1.807, 2.05) is 0 Å². The van der Waals surface area contributed by atoms with Gasteiger partial charge in [0.2, 0.25) is 5.54 Å². The predicted molar refractivity (Wildman–Crippen MR) is 49.4 cm³/mol. The Morgan fingerprint density at radius 3 is 2.50 bits per heavy atom. The van der Waals surface area contributed by atoms with Crippen LogP contribution in [0.3, 0.4) is 0 Å². The summed E-state index contributed by atoms with van der Waals surface area (Å²) in [6.45, 7) is 0. The highest BCUT2D eigenvalue weighted by Gasteiger charge is 2.45. The van der Waals surface area contributed by atoms with Crippen LogP contribution in [-0.4, -0.2) is 23.5 Å². The first-order chi connectivity index (χ1) is 6.60. The minimum absolute atomic E-state index is 0.150. The van der Waals surface area contributed by atoms with Crippen molar-refractivity contribution in [2.75, 3.05) is 7.11 Å². The van der Waals surface area contributed by atoms with E-state index in [9.17, 15) is 14.9 Å². The van der Waals surface area contributed by atoms with Crippen LogP contribution in [0.1, 0.15) is 38.5 Å². The molecule has 0 atom stereocenters. The summed E-state index contributed by atoms with van der Waals surface area (Å²) in [5.41, 5.74) is -0.853. The van der Waals surface area contributed by atoms with E-state index in [4.69, 9.17) is 0 Å². The second kappa shape index (κ2) is 4.39. The molecule has 0 aromatic heterocycles. The number of nitro groups is 1. The third kappa shape index (κ3) is 2.21. The van der Waals surface area contributed by atoms with Crippen LogP contribution in [0.2, 0.25) is 0 Å².